The number of rotatable bonds is 9. The number of hydrogen-bond acceptors (Lipinski definition) is 6. The summed E-state index contributed by atoms with van der Waals surface area (Å²) in [7, 11) is 0. The highest BCUT2D eigenvalue weighted by Crippen LogP contribution is 2.26. The largest absolute Gasteiger partial charge is 0.456 e. The minimum Gasteiger partial charge on any atom is -0.456 e. The SMILES string of the molecule is O=C(COC(=O)CCCc1nc2ccccc2s1)Nc1ccc(SC(F)F)cc1. The number of halogens is 2. The van der Waals surface area contributed by atoms with Crippen LogP contribution in [0, 0.1) is 0 Å². The molecule has 0 spiro atoms. The number of benzene rings is 2. The molecule has 1 N–H and O–H groups in total. The highest BCUT2D eigenvalue weighted by atomic mass is 32.2. The summed E-state index contributed by atoms with van der Waals surface area (Å²) < 4.78 is 30.7. The van der Waals surface area contributed by atoms with Crippen molar-refractivity contribution in [1.29, 1.82) is 0 Å². The van der Waals surface area contributed by atoms with Crippen LogP contribution in [0.3, 0.4) is 0 Å². The van der Waals surface area contributed by atoms with Crippen LogP contribution in [-0.4, -0.2) is 29.2 Å². The second kappa shape index (κ2) is 10.3. The molecular weight excluding hydrogens is 418 g/mol. The molecule has 3 aromatic rings. The van der Waals surface area contributed by atoms with Gasteiger partial charge < -0.3 is 10.1 Å². The number of amides is 1. The van der Waals surface area contributed by atoms with E-state index in [1.54, 1.807) is 11.3 Å². The third kappa shape index (κ3) is 6.79. The summed E-state index contributed by atoms with van der Waals surface area (Å²) in [6.07, 6.45) is 1.45. The van der Waals surface area contributed by atoms with Gasteiger partial charge in [0, 0.05) is 17.0 Å². The maximum atomic E-state index is 12.3. The number of esters is 1. The third-order valence-corrected chi connectivity index (χ3v) is 5.66. The van der Waals surface area contributed by atoms with E-state index in [1.807, 2.05) is 24.3 Å². The van der Waals surface area contributed by atoms with Crippen LogP contribution in [0.2, 0.25) is 0 Å². The van der Waals surface area contributed by atoms with Crippen LogP contribution in [0.15, 0.2) is 53.4 Å². The molecule has 0 saturated carbocycles. The van der Waals surface area contributed by atoms with Gasteiger partial charge in [0.15, 0.2) is 6.61 Å². The standard InChI is InChI=1S/C20H18F2N2O3S2/c21-20(22)28-14-10-8-13(9-11-14)23-17(25)12-27-19(26)7-3-6-18-24-15-4-1-2-5-16(15)29-18/h1-2,4-5,8-11,20H,3,6-7,12H2,(H,23,25). The molecule has 152 valence electrons. The molecule has 1 aromatic heterocycles. The third-order valence-electron chi connectivity index (χ3n) is 3.84. The van der Waals surface area contributed by atoms with Gasteiger partial charge in [-0.2, -0.15) is 8.78 Å². The molecule has 0 saturated heterocycles. The van der Waals surface area contributed by atoms with Crippen LogP contribution in [-0.2, 0) is 20.7 Å². The zero-order valence-corrected chi connectivity index (χ0v) is 16.9. The van der Waals surface area contributed by atoms with E-state index in [4.69, 9.17) is 4.74 Å². The normalized spacial score (nSPS) is 11.0. The molecule has 0 aliphatic rings. The number of nitrogens with one attached hydrogen (secondary N) is 1. The molecule has 0 fully saturated rings. The van der Waals surface area contributed by atoms with E-state index in [-0.39, 0.29) is 6.42 Å². The average molecular weight is 437 g/mol. The van der Waals surface area contributed by atoms with Crippen molar-refractivity contribution >= 4 is 50.9 Å². The maximum absolute atomic E-state index is 12.3. The van der Waals surface area contributed by atoms with E-state index in [1.165, 1.54) is 24.3 Å². The maximum Gasteiger partial charge on any atom is 0.306 e. The van der Waals surface area contributed by atoms with E-state index >= 15 is 0 Å². The van der Waals surface area contributed by atoms with Gasteiger partial charge in [0.1, 0.15) is 0 Å². The average Bonchev–Trinajstić information content (AvgIpc) is 3.10. The number of thiazole rings is 1. The van der Waals surface area contributed by atoms with Crippen LogP contribution in [0.1, 0.15) is 17.8 Å². The molecule has 0 aliphatic carbocycles. The van der Waals surface area contributed by atoms with E-state index < -0.39 is 24.2 Å². The van der Waals surface area contributed by atoms with Crippen LogP contribution >= 0.6 is 23.1 Å². The van der Waals surface area contributed by atoms with Crippen molar-refractivity contribution < 1.29 is 23.1 Å². The number of anilines is 1. The minimum atomic E-state index is -2.50. The van der Waals surface area contributed by atoms with Gasteiger partial charge in [-0.15, -0.1) is 11.3 Å². The quantitative estimate of drug-likeness (QED) is 0.373. The Bertz CT molecular complexity index is 944. The van der Waals surface area contributed by atoms with Gasteiger partial charge in [-0.25, -0.2) is 4.98 Å². The van der Waals surface area contributed by atoms with Gasteiger partial charge in [0.2, 0.25) is 0 Å². The number of alkyl halides is 2. The Morgan fingerprint density at radius 3 is 2.62 bits per heavy atom. The molecule has 1 heterocycles. The molecule has 0 radical (unpaired) electrons. The number of aromatic nitrogens is 1. The molecule has 0 aliphatic heterocycles. The van der Waals surface area contributed by atoms with Gasteiger partial charge in [0.05, 0.1) is 15.2 Å². The Kier molecular flexibility index (Phi) is 7.54. The minimum absolute atomic E-state index is 0.197. The first-order valence-electron chi connectivity index (χ1n) is 8.84. The summed E-state index contributed by atoms with van der Waals surface area (Å²) in [5.41, 5.74) is 1.40. The lowest BCUT2D eigenvalue weighted by Crippen LogP contribution is -2.20. The van der Waals surface area contributed by atoms with Crippen LogP contribution in [0.4, 0.5) is 14.5 Å². The lowest BCUT2D eigenvalue weighted by atomic mass is 10.2. The molecule has 0 unspecified atom stereocenters. The predicted molar refractivity (Wildman–Crippen MR) is 110 cm³/mol. The first kappa shape index (κ1) is 21.2. The Hall–Kier alpha value is -2.52. The number of fused-ring (bicyclic) bond motifs is 1. The summed E-state index contributed by atoms with van der Waals surface area (Å²) in [6, 6.07) is 13.9. The van der Waals surface area contributed by atoms with E-state index in [9.17, 15) is 18.4 Å². The molecule has 29 heavy (non-hydrogen) atoms. The number of hydrogen-bond donors (Lipinski definition) is 1. The topological polar surface area (TPSA) is 68.3 Å². The summed E-state index contributed by atoms with van der Waals surface area (Å²) in [5, 5.41) is 3.52. The van der Waals surface area contributed by atoms with Crippen molar-refractivity contribution in [3.05, 3.63) is 53.5 Å². The lowest BCUT2D eigenvalue weighted by Gasteiger charge is -2.07. The lowest BCUT2D eigenvalue weighted by molar-refractivity contribution is -0.147. The number of nitrogens with zero attached hydrogens (tertiary/aromatic N) is 1. The number of carbonyl (C=O) groups is 2. The number of thioether (sulfide) groups is 1. The Morgan fingerprint density at radius 1 is 1.14 bits per heavy atom. The van der Waals surface area contributed by atoms with Crippen LogP contribution < -0.4 is 5.32 Å². The van der Waals surface area contributed by atoms with Crippen LogP contribution in [0.25, 0.3) is 10.2 Å². The molecule has 0 atom stereocenters. The zero-order valence-electron chi connectivity index (χ0n) is 15.3. The second-order valence-electron chi connectivity index (χ2n) is 6.04. The highest BCUT2D eigenvalue weighted by Gasteiger charge is 2.10. The van der Waals surface area contributed by atoms with Gasteiger partial charge in [-0.1, -0.05) is 23.9 Å². The fourth-order valence-electron chi connectivity index (χ4n) is 2.55. The van der Waals surface area contributed by atoms with E-state index in [0.717, 1.165) is 15.2 Å². The molecule has 1 amide bonds. The summed E-state index contributed by atoms with van der Waals surface area (Å²) >= 11 is 2.03. The van der Waals surface area contributed by atoms with Crippen molar-refractivity contribution in [3.8, 4) is 0 Å². The molecule has 2 aromatic carbocycles. The first-order valence-corrected chi connectivity index (χ1v) is 10.5. The zero-order chi connectivity index (χ0) is 20.6. The second-order valence-corrected chi connectivity index (χ2v) is 8.22. The van der Waals surface area contributed by atoms with Crippen molar-refractivity contribution in [1.82, 2.24) is 4.98 Å². The predicted octanol–water partition coefficient (Wildman–Crippen LogP) is 5.12. The first-order chi connectivity index (χ1) is 14.0. The molecule has 9 heteroatoms. The van der Waals surface area contributed by atoms with Gasteiger partial charge in [-0.3, -0.25) is 9.59 Å². The van der Waals surface area contributed by atoms with Crippen molar-refractivity contribution in [2.75, 3.05) is 11.9 Å². The number of ether oxygens (including phenoxy) is 1. The van der Waals surface area contributed by atoms with Crippen molar-refractivity contribution in [3.63, 3.8) is 0 Å². The van der Waals surface area contributed by atoms with Gasteiger partial charge in [-0.05, 0) is 49.2 Å². The molecule has 3 rings (SSSR count). The Labute approximate surface area is 174 Å². The summed E-state index contributed by atoms with van der Waals surface area (Å²) in [4.78, 5) is 28.6. The molecule has 0 bridgehead atoms. The number of para-hydroxylation sites is 1. The Balaban J connectivity index is 1.35. The fourth-order valence-corrected chi connectivity index (χ4v) is 4.05. The summed E-state index contributed by atoms with van der Waals surface area (Å²) in [5.74, 6) is -3.44. The molecular formula is C20H18F2N2O3S2. The monoisotopic (exact) mass is 436 g/mol. The number of aryl methyl sites for hydroxylation is 1. The van der Waals surface area contributed by atoms with Crippen LogP contribution in [0.5, 0.6) is 0 Å². The highest BCUT2D eigenvalue weighted by molar-refractivity contribution is 7.99. The smallest absolute Gasteiger partial charge is 0.306 e. The van der Waals surface area contributed by atoms with Crippen molar-refractivity contribution in [2.24, 2.45) is 0 Å². The Morgan fingerprint density at radius 2 is 1.90 bits per heavy atom. The molecule has 5 nitrogen and oxygen atoms in total. The van der Waals surface area contributed by atoms with Gasteiger partial charge in [0.25, 0.3) is 11.7 Å². The summed E-state index contributed by atoms with van der Waals surface area (Å²) in [6.45, 7) is -0.395. The van der Waals surface area contributed by atoms with Crippen molar-refractivity contribution in [2.45, 2.75) is 29.9 Å². The fraction of sp³-hybridized carbons (Fsp3) is 0.250. The van der Waals surface area contributed by atoms with E-state index in [2.05, 4.69) is 10.3 Å². The van der Waals surface area contributed by atoms with Gasteiger partial charge >= 0.3 is 5.97 Å². The number of carbonyl (C=O) groups excluding carboxylic acids is 2. The van der Waals surface area contributed by atoms with E-state index in [0.29, 0.717) is 35.2 Å².